The van der Waals surface area contributed by atoms with Crippen molar-refractivity contribution in [2.75, 3.05) is 5.32 Å². The quantitative estimate of drug-likeness (QED) is 0.488. The zero-order valence-corrected chi connectivity index (χ0v) is 15.5. The molecule has 4 heteroatoms. The fourth-order valence-electron chi connectivity index (χ4n) is 3.32. The van der Waals surface area contributed by atoms with Crippen LogP contribution in [-0.2, 0) is 0 Å². The molecule has 2 aromatic carbocycles. The van der Waals surface area contributed by atoms with Gasteiger partial charge in [-0.3, -0.25) is 5.32 Å². The SMILES string of the molecule is Cc1[nH]c2ccccc2c1[C@H](Nc1cccc[nH+]1)c1cccc(Br)c1. The number of anilines is 1. The summed E-state index contributed by atoms with van der Waals surface area (Å²) in [6.45, 7) is 2.14. The van der Waals surface area contributed by atoms with Gasteiger partial charge in [-0.25, -0.2) is 4.98 Å². The summed E-state index contributed by atoms with van der Waals surface area (Å²) in [5, 5.41) is 4.91. The Labute approximate surface area is 155 Å². The highest BCUT2D eigenvalue weighted by atomic mass is 79.9. The largest absolute Gasteiger partial charge is 0.358 e. The van der Waals surface area contributed by atoms with E-state index in [0.29, 0.717) is 0 Å². The maximum Gasteiger partial charge on any atom is 0.272 e. The van der Waals surface area contributed by atoms with Gasteiger partial charge in [0.05, 0.1) is 6.20 Å². The average Bonchev–Trinajstić information content (AvgIpc) is 2.96. The molecule has 0 unspecified atom stereocenters. The van der Waals surface area contributed by atoms with Crippen molar-refractivity contribution in [2.24, 2.45) is 0 Å². The van der Waals surface area contributed by atoms with E-state index in [1.165, 1.54) is 22.2 Å². The maximum atomic E-state index is 3.66. The summed E-state index contributed by atoms with van der Waals surface area (Å²) in [6, 6.07) is 23.0. The lowest BCUT2D eigenvalue weighted by molar-refractivity contribution is -0.361. The molecular formula is C21H19BrN3+. The Bertz CT molecular complexity index is 1010. The van der Waals surface area contributed by atoms with Gasteiger partial charge in [-0.05, 0) is 31.2 Å². The maximum absolute atomic E-state index is 3.66. The zero-order chi connectivity index (χ0) is 17.2. The first-order valence-corrected chi connectivity index (χ1v) is 9.07. The molecule has 0 aliphatic carbocycles. The number of aryl methyl sites for hydroxylation is 1. The number of halogens is 1. The van der Waals surface area contributed by atoms with Crippen LogP contribution in [0.3, 0.4) is 0 Å². The second-order valence-electron chi connectivity index (χ2n) is 6.12. The van der Waals surface area contributed by atoms with Gasteiger partial charge < -0.3 is 4.98 Å². The molecule has 0 amide bonds. The summed E-state index contributed by atoms with van der Waals surface area (Å²) in [5.74, 6) is 0.983. The highest BCUT2D eigenvalue weighted by molar-refractivity contribution is 9.10. The smallest absolute Gasteiger partial charge is 0.272 e. The van der Waals surface area contributed by atoms with Crippen molar-refractivity contribution in [2.45, 2.75) is 13.0 Å². The van der Waals surface area contributed by atoms with E-state index in [2.05, 4.69) is 92.7 Å². The van der Waals surface area contributed by atoms with Crippen molar-refractivity contribution in [3.8, 4) is 0 Å². The minimum absolute atomic E-state index is 0.0345. The lowest BCUT2D eigenvalue weighted by atomic mass is 9.96. The molecular weight excluding hydrogens is 374 g/mol. The summed E-state index contributed by atoms with van der Waals surface area (Å²) in [5.41, 5.74) is 4.81. The van der Waals surface area contributed by atoms with Crippen molar-refractivity contribution in [3.63, 3.8) is 0 Å². The first kappa shape index (κ1) is 15.9. The molecule has 1 atom stereocenters. The van der Waals surface area contributed by atoms with Crippen LogP contribution >= 0.6 is 15.9 Å². The minimum atomic E-state index is 0.0345. The average molecular weight is 393 g/mol. The Morgan fingerprint density at radius 1 is 1.00 bits per heavy atom. The Kier molecular flexibility index (Phi) is 4.28. The molecule has 0 spiro atoms. The van der Waals surface area contributed by atoms with Crippen molar-refractivity contribution < 1.29 is 4.98 Å². The molecule has 2 heterocycles. The second-order valence-corrected chi connectivity index (χ2v) is 7.03. The molecule has 4 rings (SSSR count). The number of hydrogen-bond acceptors (Lipinski definition) is 1. The van der Waals surface area contributed by atoms with Gasteiger partial charge in [-0.2, -0.15) is 0 Å². The first-order valence-electron chi connectivity index (χ1n) is 8.28. The lowest BCUT2D eigenvalue weighted by Crippen LogP contribution is -2.19. The molecule has 124 valence electrons. The van der Waals surface area contributed by atoms with Crippen LogP contribution in [0.5, 0.6) is 0 Å². The lowest BCUT2D eigenvalue weighted by Gasteiger charge is -2.16. The van der Waals surface area contributed by atoms with Crippen LogP contribution in [0.15, 0.2) is 77.4 Å². The molecule has 0 aliphatic heterocycles. The number of nitrogens with one attached hydrogen (secondary N) is 3. The van der Waals surface area contributed by atoms with Crippen LogP contribution in [0.4, 0.5) is 5.82 Å². The predicted octanol–water partition coefficient (Wildman–Crippen LogP) is 5.25. The van der Waals surface area contributed by atoms with E-state index in [0.717, 1.165) is 15.8 Å². The summed E-state index contributed by atoms with van der Waals surface area (Å²) in [6.07, 6.45) is 1.93. The Morgan fingerprint density at radius 3 is 2.64 bits per heavy atom. The summed E-state index contributed by atoms with van der Waals surface area (Å²) < 4.78 is 1.08. The van der Waals surface area contributed by atoms with Crippen molar-refractivity contribution in [3.05, 3.63) is 94.2 Å². The number of aromatic nitrogens is 2. The number of pyridine rings is 1. The van der Waals surface area contributed by atoms with Crippen molar-refractivity contribution in [1.29, 1.82) is 0 Å². The zero-order valence-electron chi connectivity index (χ0n) is 13.9. The molecule has 0 saturated carbocycles. The van der Waals surface area contributed by atoms with Crippen LogP contribution in [0.25, 0.3) is 10.9 Å². The van der Waals surface area contributed by atoms with Crippen LogP contribution in [0.1, 0.15) is 22.9 Å². The normalized spacial score (nSPS) is 12.2. The molecule has 25 heavy (non-hydrogen) atoms. The Hall–Kier alpha value is -2.59. The predicted molar refractivity (Wildman–Crippen MR) is 106 cm³/mol. The van der Waals surface area contributed by atoms with E-state index in [1.54, 1.807) is 0 Å². The molecule has 4 aromatic rings. The number of aromatic amines is 2. The summed E-state index contributed by atoms with van der Waals surface area (Å²) in [4.78, 5) is 6.80. The number of fused-ring (bicyclic) bond motifs is 1. The van der Waals surface area contributed by atoms with Crippen molar-refractivity contribution >= 4 is 32.7 Å². The van der Waals surface area contributed by atoms with Gasteiger partial charge in [0, 0.05) is 38.3 Å². The van der Waals surface area contributed by atoms with Gasteiger partial charge >= 0.3 is 0 Å². The van der Waals surface area contributed by atoms with Gasteiger partial charge in [-0.1, -0.05) is 52.3 Å². The van der Waals surface area contributed by atoms with Crippen LogP contribution in [-0.4, -0.2) is 4.98 Å². The second kappa shape index (κ2) is 6.73. The van der Waals surface area contributed by atoms with E-state index in [9.17, 15) is 0 Å². The van der Waals surface area contributed by atoms with E-state index >= 15 is 0 Å². The summed E-state index contributed by atoms with van der Waals surface area (Å²) >= 11 is 3.60. The minimum Gasteiger partial charge on any atom is -0.358 e. The van der Waals surface area contributed by atoms with E-state index in [1.807, 2.05) is 18.3 Å². The molecule has 3 nitrogen and oxygen atoms in total. The Balaban J connectivity index is 1.89. The molecule has 0 bridgehead atoms. The van der Waals surface area contributed by atoms with E-state index in [-0.39, 0.29) is 6.04 Å². The summed E-state index contributed by atoms with van der Waals surface area (Å²) in [7, 11) is 0. The highest BCUT2D eigenvalue weighted by Crippen LogP contribution is 2.34. The van der Waals surface area contributed by atoms with Gasteiger partial charge in [0.25, 0.3) is 5.82 Å². The molecule has 2 aromatic heterocycles. The number of H-pyrrole nitrogens is 2. The van der Waals surface area contributed by atoms with Gasteiger partial charge in [0.1, 0.15) is 6.04 Å². The van der Waals surface area contributed by atoms with Gasteiger partial charge in [0.15, 0.2) is 0 Å². The molecule has 0 aliphatic rings. The number of benzene rings is 2. The fraction of sp³-hybridized carbons (Fsp3) is 0.0952. The van der Waals surface area contributed by atoms with Crippen LogP contribution in [0.2, 0.25) is 0 Å². The number of hydrogen-bond donors (Lipinski definition) is 2. The third kappa shape index (κ3) is 3.17. The number of para-hydroxylation sites is 1. The topological polar surface area (TPSA) is 42.0 Å². The Morgan fingerprint density at radius 2 is 1.84 bits per heavy atom. The third-order valence-corrected chi connectivity index (χ3v) is 4.92. The first-order chi connectivity index (χ1) is 12.2. The standard InChI is InChI=1S/C21H18BrN3/c1-14-20(17-9-2-3-10-18(17)24-14)21(15-7-6-8-16(22)13-15)25-19-11-4-5-12-23-19/h2-13,21,24H,1H3,(H,23,25)/p+1/t21-/m1/s1. The van der Waals surface area contributed by atoms with E-state index in [4.69, 9.17) is 0 Å². The highest BCUT2D eigenvalue weighted by Gasteiger charge is 2.25. The van der Waals surface area contributed by atoms with E-state index < -0.39 is 0 Å². The van der Waals surface area contributed by atoms with Crippen LogP contribution in [0, 0.1) is 6.92 Å². The monoisotopic (exact) mass is 392 g/mol. The fourth-order valence-corrected chi connectivity index (χ4v) is 3.73. The van der Waals surface area contributed by atoms with Gasteiger partial charge in [-0.15, -0.1) is 0 Å². The van der Waals surface area contributed by atoms with Gasteiger partial charge in [0.2, 0.25) is 0 Å². The van der Waals surface area contributed by atoms with Crippen LogP contribution < -0.4 is 10.3 Å². The third-order valence-electron chi connectivity index (χ3n) is 4.42. The molecule has 3 N–H and O–H groups in total. The molecule has 0 radical (unpaired) electrons. The number of rotatable bonds is 4. The molecule has 0 saturated heterocycles. The van der Waals surface area contributed by atoms with Crippen molar-refractivity contribution in [1.82, 2.24) is 4.98 Å². The molecule has 0 fully saturated rings.